The zero-order valence-electron chi connectivity index (χ0n) is 12.6. The first-order valence-electron chi connectivity index (χ1n) is 7.45. The van der Waals surface area contributed by atoms with Gasteiger partial charge in [0, 0.05) is 13.1 Å². The Morgan fingerprint density at radius 1 is 1.25 bits per heavy atom. The van der Waals surface area contributed by atoms with Gasteiger partial charge in [-0.15, -0.1) is 0 Å². The predicted octanol–water partition coefficient (Wildman–Crippen LogP) is 2.06. The molecular formula is C16H26N2O2. The van der Waals surface area contributed by atoms with Crippen molar-refractivity contribution in [2.75, 3.05) is 33.8 Å². The van der Waals surface area contributed by atoms with Crippen LogP contribution in [0.1, 0.15) is 24.8 Å². The lowest BCUT2D eigenvalue weighted by Gasteiger charge is -2.29. The molecule has 0 atom stereocenters. The average molecular weight is 278 g/mol. The van der Waals surface area contributed by atoms with Crippen molar-refractivity contribution >= 4 is 0 Å². The molecule has 0 radical (unpaired) electrons. The minimum absolute atomic E-state index is 0.296. The molecule has 1 heterocycles. The van der Waals surface area contributed by atoms with Gasteiger partial charge in [0.1, 0.15) is 6.10 Å². The zero-order valence-corrected chi connectivity index (χ0v) is 12.6. The maximum Gasteiger partial charge on any atom is 0.161 e. The summed E-state index contributed by atoms with van der Waals surface area (Å²) in [5.41, 5.74) is 6.84. The highest BCUT2D eigenvalue weighted by Gasteiger charge is 2.19. The number of ether oxygens (including phenoxy) is 2. The molecule has 0 amide bonds. The van der Waals surface area contributed by atoms with Crippen molar-refractivity contribution in [2.45, 2.75) is 31.8 Å². The Morgan fingerprint density at radius 2 is 2.00 bits per heavy atom. The summed E-state index contributed by atoms with van der Waals surface area (Å²) in [6, 6.07) is 6.19. The van der Waals surface area contributed by atoms with Gasteiger partial charge in [0.15, 0.2) is 11.5 Å². The lowest BCUT2D eigenvalue weighted by molar-refractivity contribution is 0.111. The Labute approximate surface area is 121 Å². The Balaban J connectivity index is 2.03. The van der Waals surface area contributed by atoms with Crippen molar-refractivity contribution < 1.29 is 9.47 Å². The molecule has 1 aromatic rings. The summed E-state index contributed by atoms with van der Waals surface area (Å²) in [5, 5.41) is 0. The van der Waals surface area contributed by atoms with Crippen LogP contribution in [0.4, 0.5) is 0 Å². The maximum absolute atomic E-state index is 6.16. The van der Waals surface area contributed by atoms with Crippen molar-refractivity contribution in [3.63, 3.8) is 0 Å². The molecule has 1 aliphatic heterocycles. The van der Waals surface area contributed by atoms with E-state index in [0.717, 1.165) is 56.8 Å². The Morgan fingerprint density at radius 3 is 2.65 bits per heavy atom. The molecule has 1 fully saturated rings. The van der Waals surface area contributed by atoms with Gasteiger partial charge >= 0.3 is 0 Å². The number of piperidine rings is 1. The van der Waals surface area contributed by atoms with Gasteiger partial charge in [0.25, 0.3) is 0 Å². The van der Waals surface area contributed by atoms with Crippen LogP contribution in [0.5, 0.6) is 11.5 Å². The second-order valence-electron chi connectivity index (χ2n) is 5.50. The quantitative estimate of drug-likeness (QED) is 0.865. The van der Waals surface area contributed by atoms with Gasteiger partial charge in [-0.25, -0.2) is 0 Å². The van der Waals surface area contributed by atoms with Crippen molar-refractivity contribution in [3.05, 3.63) is 23.8 Å². The Hall–Kier alpha value is -1.26. The van der Waals surface area contributed by atoms with Crippen LogP contribution in [-0.2, 0) is 6.42 Å². The SMILES string of the molecule is COc1ccc(CCCN)cc1OC1CCN(C)CC1. The van der Waals surface area contributed by atoms with Crippen molar-refractivity contribution in [1.82, 2.24) is 4.90 Å². The number of hydrogen-bond acceptors (Lipinski definition) is 4. The van der Waals surface area contributed by atoms with Crippen LogP contribution in [0.15, 0.2) is 18.2 Å². The highest BCUT2D eigenvalue weighted by Crippen LogP contribution is 2.31. The maximum atomic E-state index is 6.16. The van der Waals surface area contributed by atoms with E-state index in [0.29, 0.717) is 6.10 Å². The molecule has 2 N–H and O–H groups in total. The number of likely N-dealkylation sites (tertiary alicyclic amines) is 1. The minimum Gasteiger partial charge on any atom is -0.493 e. The summed E-state index contributed by atoms with van der Waals surface area (Å²) < 4.78 is 11.6. The first kappa shape index (κ1) is 15.1. The molecule has 1 saturated heterocycles. The van der Waals surface area contributed by atoms with Crippen molar-refractivity contribution in [3.8, 4) is 11.5 Å². The zero-order chi connectivity index (χ0) is 14.4. The molecule has 4 heteroatoms. The van der Waals surface area contributed by atoms with E-state index in [9.17, 15) is 0 Å². The van der Waals surface area contributed by atoms with Gasteiger partial charge < -0.3 is 20.1 Å². The number of rotatable bonds is 6. The molecule has 0 aliphatic carbocycles. The van der Waals surface area contributed by atoms with Crippen LogP contribution in [0.25, 0.3) is 0 Å². The standard InChI is InChI=1S/C16H26N2O2/c1-18-10-7-14(8-11-18)20-16-12-13(4-3-9-17)5-6-15(16)19-2/h5-6,12,14H,3-4,7-11,17H2,1-2H3. The summed E-state index contributed by atoms with van der Waals surface area (Å²) in [4.78, 5) is 2.34. The molecule has 0 unspecified atom stereocenters. The third kappa shape index (κ3) is 4.12. The molecule has 2 rings (SSSR count). The van der Waals surface area contributed by atoms with Gasteiger partial charge in [-0.1, -0.05) is 6.07 Å². The van der Waals surface area contributed by atoms with E-state index in [4.69, 9.17) is 15.2 Å². The average Bonchev–Trinajstić information content (AvgIpc) is 2.48. The minimum atomic E-state index is 0.296. The molecule has 1 aromatic carbocycles. The third-order valence-electron chi connectivity index (χ3n) is 3.86. The molecule has 0 spiro atoms. The molecule has 20 heavy (non-hydrogen) atoms. The number of hydrogen-bond donors (Lipinski definition) is 1. The van der Waals surface area contributed by atoms with Gasteiger partial charge in [-0.2, -0.15) is 0 Å². The molecule has 4 nitrogen and oxygen atoms in total. The van der Waals surface area contributed by atoms with Gasteiger partial charge in [-0.05, 0) is 57.0 Å². The van der Waals surface area contributed by atoms with E-state index in [1.165, 1.54) is 5.56 Å². The summed E-state index contributed by atoms with van der Waals surface area (Å²) in [5.74, 6) is 1.69. The summed E-state index contributed by atoms with van der Waals surface area (Å²) in [6.07, 6.45) is 4.44. The second kappa shape index (κ2) is 7.50. The van der Waals surface area contributed by atoms with Crippen LogP contribution in [0.3, 0.4) is 0 Å². The molecule has 1 aliphatic rings. The number of aryl methyl sites for hydroxylation is 1. The number of methoxy groups -OCH3 is 1. The lowest BCUT2D eigenvalue weighted by Crippen LogP contribution is -2.35. The normalized spacial score (nSPS) is 17.1. The van der Waals surface area contributed by atoms with Gasteiger partial charge in [0.2, 0.25) is 0 Å². The smallest absolute Gasteiger partial charge is 0.161 e. The lowest BCUT2D eigenvalue weighted by atomic mass is 10.1. The number of benzene rings is 1. The fourth-order valence-corrected chi connectivity index (χ4v) is 2.56. The first-order valence-corrected chi connectivity index (χ1v) is 7.45. The fourth-order valence-electron chi connectivity index (χ4n) is 2.56. The monoisotopic (exact) mass is 278 g/mol. The highest BCUT2D eigenvalue weighted by molar-refractivity contribution is 5.43. The number of nitrogens with two attached hydrogens (primary N) is 1. The third-order valence-corrected chi connectivity index (χ3v) is 3.86. The van der Waals surface area contributed by atoms with Gasteiger partial charge in [-0.3, -0.25) is 0 Å². The van der Waals surface area contributed by atoms with Crippen LogP contribution < -0.4 is 15.2 Å². The molecular weight excluding hydrogens is 252 g/mol. The van der Waals surface area contributed by atoms with Crippen LogP contribution in [0, 0.1) is 0 Å². The predicted molar refractivity (Wildman–Crippen MR) is 81.5 cm³/mol. The first-order chi connectivity index (χ1) is 9.72. The van der Waals surface area contributed by atoms with Crippen LogP contribution in [0.2, 0.25) is 0 Å². The fraction of sp³-hybridized carbons (Fsp3) is 0.625. The van der Waals surface area contributed by atoms with E-state index < -0.39 is 0 Å². The van der Waals surface area contributed by atoms with Gasteiger partial charge in [0.05, 0.1) is 7.11 Å². The Kier molecular flexibility index (Phi) is 5.68. The van der Waals surface area contributed by atoms with E-state index >= 15 is 0 Å². The van der Waals surface area contributed by atoms with Crippen molar-refractivity contribution in [2.24, 2.45) is 5.73 Å². The summed E-state index contributed by atoms with van der Waals surface area (Å²) in [6.45, 7) is 2.91. The molecule has 0 bridgehead atoms. The highest BCUT2D eigenvalue weighted by atomic mass is 16.5. The van der Waals surface area contributed by atoms with E-state index in [1.807, 2.05) is 6.07 Å². The van der Waals surface area contributed by atoms with E-state index in [-0.39, 0.29) is 0 Å². The topological polar surface area (TPSA) is 47.7 Å². The summed E-state index contributed by atoms with van der Waals surface area (Å²) >= 11 is 0. The van der Waals surface area contributed by atoms with Crippen LogP contribution >= 0.6 is 0 Å². The molecule has 0 saturated carbocycles. The molecule has 0 aromatic heterocycles. The van der Waals surface area contributed by atoms with E-state index in [2.05, 4.69) is 24.1 Å². The largest absolute Gasteiger partial charge is 0.493 e. The Bertz CT molecular complexity index is 415. The van der Waals surface area contributed by atoms with Crippen LogP contribution in [-0.4, -0.2) is 44.8 Å². The second-order valence-corrected chi connectivity index (χ2v) is 5.50. The van der Waals surface area contributed by atoms with E-state index in [1.54, 1.807) is 7.11 Å². The van der Waals surface area contributed by atoms with Crippen molar-refractivity contribution in [1.29, 1.82) is 0 Å². The number of nitrogens with zero attached hydrogens (tertiary/aromatic N) is 1. The molecule has 112 valence electrons. The summed E-state index contributed by atoms with van der Waals surface area (Å²) in [7, 11) is 3.85.